The molecule has 7 heteroatoms. The minimum absolute atomic E-state index is 0.0548. The molecular weight excluding hydrogens is 362 g/mol. The Morgan fingerprint density at radius 1 is 1.11 bits per heavy atom. The summed E-state index contributed by atoms with van der Waals surface area (Å²) in [5, 5.41) is 13.0. The van der Waals surface area contributed by atoms with Gasteiger partial charge in [-0.3, -0.25) is 4.79 Å². The maximum absolute atomic E-state index is 12.3. The first-order valence-electron chi connectivity index (χ1n) is 8.81. The van der Waals surface area contributed by atoms with E-state index in [1.54, 1.807) is 24.3 Å². The van der Waals surface area contributed by atoms with Gasteiger partial charge in [0, 0.05) is 22.6 Å². The summed E-state index contributed by atoms with van der Waals surface area (Å²) in [5.41, 5.74) is 3.29. The van der Waals surface area contributed by atoms with E-state index in [2.05, 4.69) is 38.1 Å². The number of benzene rings is 2. The number of fused-ring (bicyclic) bond motifs is 3. The highest BCUT2D eigenvalue weighted by molar-refractivity contribution is 6.30. The van der Waals surface area contributed by atoms with Crippen LogP contribution in [0.4, 0.5) is 5.69 Å². The number of carbonyl (C=O) groups excluding carboxylic acids is 1. The highest BCUT2D eigenvalue weighted by atomic mass is 35.5. The molecule has 0 aliphatic heterocycles. The molecule has 0 saturated heterocycles. The van der Waals surface area contributed by atoms with E-state index in [4.69, 9.17) is 11.6 Å². The van der Waals surface area contributed by atoms with Crippen LogP contribution in [0.5, 0.6) is 0 Å². The molecule has 2 aromatic heterocycles. The van der Waals surface area contributed by atoms with E-state index in [1.807, 2.05) is 18.2 Å². The number of hydrogen-bond donors (Lipinski definition) is 1. The summed E-state index contributed by atoms with van der Waals surface area (Å²) in [6, 6.07) is 15.0. The zero-order valence-corrected chi connectivity index (χ0v) is 15.6. The van der Waals surface area contributed by atoms with Gasteiger partial charge in [-0.25, -0.2) is 4.98 Å². The van der Waals surface area contributed by atoms with Gasteiger partial charge in [0.25, 0.3) is 0 Å². The Morgan fingerprint density at radius 2 is 1.89 bits per heavy atom. The summed E-state index contributed by atoms with van der Waals surface area (Å²) in [5.74, 6) is 0.200. The van der Waals surface area contributed by atoms with Gasteiger partial charge in [0.15, 0.2) is 11.5 Å². The number of nitrogens with zero attached hydrogens (tertiary/aromatic N) is 4. The molecule has 0 bridgehead atoms. The van der Waals surface area contributed by atoms with Gasteiger partial charge in [-0.05, 0) is 36.8 Å². The van der Waals surface area contributed by atoms with E-state index in [0.717, 1.165) is 35.0 Å². The van der Waals surface area contributed by atoms with Crippen molar-refractivity contribution in [2.75, 3.05) is 5.32 Å². The number of nitrogens with one attached hydrogen (secondary N) is 1. The third-order valence-corrected chi connectivity index (χ3v) is 4.56. The monoisotopic (exact) mass is 379 g/mol. The zero-order chi connectivity index (χ0) is 18.8. The second-order valence-corrected chi connectivity index (χ2v) is 6.74. The average molecular weight is 380 g/mol. The van der Waals surface area contributed by atoms with Crippen molar-refractivity contribution in [3.8, 4) is 0 Å². The molecule has 2 aromatic carbocycles. The van der Waals surface area contributed by atoms with Crippen LogP contribution in [0.1, 0.15) is 19.2 Å². The topological polar surface area (TPSA) is 72.7 Å². The van der Waals surface area contributed by atoms with E-state index in [-0.39, 0.29) is 12.3 Å². The first-order chi connectivity index (χ1) is 13.2. The summed E-state index contributed by atoms with van der Waals surface area (Å²) in [6.07, 6.45) is 1.03. The summed E-state index contributed by atoms with van der Waals surface area (Å²) >= 11 is 5.86. The van der Waals surface area contributed by atoms with Crippen molar-refractivity contribution in [1.82, 2.24) is 19.7 Å². The number of aromatic nitrogens is 4. The lowest BCUT2D eigenvalue weighted by Gasteiger charge is -2.06. The van der Waals surface area contributed by atoms with Crippen molar-refractivity contribution < 1.29 is 4.79 Å². The summed E-state index contributed by atoms with van der Waals surface area (Å²) in [4.78, 5) is 17.0. The molecule has 2 heterocycles. The summed E-state index contributed by atoms with van der Waals surface area (Å²) < 4.78 is 2.14. The largest absolute Gasteiger partial charge is 0.326 e. The third-order valence-electron chi connectivity index (χ3n) is 4.31. The van der Waals surface area contributed by atoms with Crippen LogP contribution in [0.3, 0.4) is 0 Å². The summed E-state index contributed by atoms with van der Waals surface area (Å²) in [7, 11) is 0. The fourth-order valence-corrected chi connectivity index (χ4v) is 3.27. The Hall–Kier alpha value is -2.99. The van der Waals surface area contributed by atoms with Crippen LogP contribution in [0.15, 0.2) is 48.5 Å². The average Bonchev–Trinajstić information content (AvgIpc) is 2.97. The minimum atomic E-state index is -0.198. The lowest BCUT2D eigenvalue weighted by molar-refractivity contribution is -0.115. The van der Waals surface area contributed by atoms with Crippen molar-refractivity contribution in [3.05, 3.63) is 59.4 Å². The first kappa shape index (κ1) is 17.4. The van der Waals surface area contributed by atoms with Crippen molar-refractivity contribution in [3.63, 3.8) is 0 Å². The lowest BCUT2D eigenvalue weighted by atomic mass is 10.2. The Morgan fingerprint density at radius 3 is 2.67 bits per heavy atom. The van der Waals surface area contributed by atoms with E-state index in [1.165, 1.54) is 0 Å². The molecule has 136 valence electrons. The van der Waals surface area contributed by atoms with E-state index >= 15 is 0 Å². The number of halogens is 1. The van der Waals surface area contributed by atoms with Crippen molar-refractivity contribution in [2.45, 2.75) is 26.3 Å². The summed E-state index contributed by atoms with van der Waals surface area (Å²) in [6.45, 7) is 2.95. The van der Waals surface area contributed by atoms with Gasteiger partial charge in [-0.15, -0.1) is 10.2 Å². The smallest absolute Gasteiger partial charge is 0.232 e. The van der Waals surface area contributed by atoms with E-state index in [0.29, 0.717) is 16.5 Å². The predicted octanol–water partition coefficient (Wildman–Crippen LogP) is 4.22. The molecule has 27 heavy (non-hydrogen) atoms. The normalized spacial score (nSPS) is 11.2. The van der Waals surface area contributed by atoms with Gasteiger partial charge in [-0.1, -0.05) is 36.7 Å². The lowest BCUT2D eigenvalue weighted by Crippen LogP contribution is -2.16. The van der Waals surface area contributed by atoms with Gasteiger partial charge in [-0.2, -0.15) is 0 Å². The molecular formula is C20H18ClN5O. The number of amides is 1. The van der Waals surface area contributed by atoms with Crippen molar-refractivity contribution in [1.29, 1.82) is 0 Å². The van der Waals surface area contributed by atoms with Crippen LogP contribution >= 0.6 is 11.6 Å². The Kier molecular flexibility index (Phi) is 4.73. The zero-order valence-electron chi connectivity index (χ0n) is 14.8. The molecule has 0 radical (unpaired) electrons. The number of para-hydroxylation sites is 1. The first-order valence-corrected chi connectivity index (χ1v) is 9.19. The quantitative estimate of drug-likeness (QED) is 0.563. The highest BCUT2D eigenvalue weighted by Gasteiger charge is 2.15. The molecule has 0 unspecified atom stereocenters. The minimum Gasteiger partial charge on any atom is -0.326 e. The fourth-order valence-electron chi connectivity index (χ4n) is 3.14. The molecule has 4 aromatic rings. The van der Waals surface area contributed by atoms with Crippen LogP contribution in [-0.2, 0) is 17.8 Å². The van der Waals surface area contributed by atoms with Gasteiger partial charge in [0.1, 0.15) is 5.52 Å². The van der Waals surface area contributed by atoms with Gasteiger partial charge >= 0.3 is 0 Å². The number of carbonyl (C=O) groups is 1. The van der Waals surface area contributed by atoms with Crippen LogP contribution < -0.4 is 5.32 Å². The van der Waals surface area contributed by atoms with E-state index < -0.39 is 0 Å². The van der Waals surface area contributed by atoms with Crippen LogP contribution in [0.2, 0.25) is 5.02 Å². The van der Waals surface area contributed by atoms with Gasteiger partial charge < -0.3 is 9.88 Å². The Bertz CT molecular complexity index is 1120. The molecule has 0 aliphatic carbocycles. The van der Waals surface area contributed by atoms with Crippen LogP contribution in [0, 0.1) is 0 Å². The van der Waals surface area contributed by atoms with Crippen LogP contribution in [0.25, 0.3) is 22.1 Å². The molecule has 6 nitrogen and oxygen atoms in total. The molecule has 1 amide bonds. The molecule has 0 saturated carbocycles. The van der Waals surface area contributed by atoms with Gasteiger partial charge in [0.05, 0.1) is 11.9 Å². The highest BCUT2D eigenvalue weighted by Crippen LogP contribution is 2.26. The van der Waals surface area contributed by atoms with Crippen molar-refractivity contribution >= 4 is 45.3 Å². The fraction of sp³-hybridized carbons (Fsp3) is 0.200. The second-order valence-electron chi connectivity index (χ2n) is 6.30. The van der Waals surface area contributed by atoms with Gasteiger partial charge in [0.2, 0.25) is 5.91 Å². The molecule has 0 spiro atoms. The maximum Gasteiger partial charge on any atom is 0.232 e. The molecule has 1 N–H and O–H groups in total. The predicted molar refractivity (Wildman–Crippen MR) is 107 cm³/mol. The number of rotatable bonds is 5. The SMILES string of the molecule is CCCn1c2ccccc2c2nnc(CC(=O)Nc3ccc(Cl)cc3)nc21. The number of hydrogen-bond acceptors (Lipinski definition) is 4. The third kappa shape index (κ3) is 3.48. The number of anilines is 1. The maximum atomic E-state index is 12.3. The molecule has 4 rings (SSSR count). The Balaban J connectivity index is 1.64. The Labute approximate surface area is 161 Å². The molecule has 0 atom stereocenters. The molecule has 0 aliphatic rings. The van der Waals surface area contributed by atoms with Crippen molar-refractivity contribution in [2.24, 2.45) is 0 Å². The standard InChI is InChI=1S/C20H18ClN5O/c1-2-11-26-16-6-4-3-5-15(16)19-20(26)23-17(24-25-19)12-18(27)22-14-9-7-13(21)8-10-14/h3-10H,2,11-12H2,1H3,(H,22,27). The van der Waals surface area contributed by atoms with Crippen LogP contribution in [-0.4, -0.2) is 25.7 Å². The molecule has 0 fully saturated rings. The second kappa shape index (κ2) is 7.32. The number of aryl methyl sites for hydroxylation is 1. The van der Waals surface area contributed by atoms with E-state index in [9.17, 15) is 4.79 Å².